The third-order valence-electron chi connectivity index (χ3n) is 6.44. The zero-order valence-electron chi connectivity index (χ0n) is 20.6. The molecule has 2 N–H and O–H groups in total. The summed E-state index contributed by atoms with van der Waals surface area (Å²) in [7, 11) is -0.151. The van der Waals surface area contributed by atoms with E-state index in [2.05, 4.69) is 22.1 Å². The van der Waals surface area contributed by atoms with Crippen molar-refractivity contribution in [1.82, 2.24) is 15.2 Å². The first-order valence-electron chi connectivity index (χ1n) is 11.4. The molecular formula is C24H31FN6O3S. The van der Waals surface area contributed by atoms with Crippen LogP contribution in [-0.4, -0.2) is 50.5 Å². The molecule has 1 saturated carbocycles. The SMILES string of the molecule is CC1CC1CN(C)c1cc(-c2nnc([C@](C)(N)Cc3ccc(F)cc3)o2)cc(N(C)S(C)(=O)=O)n1. The van der Waals surface area contributed by atoms with Crippen molar-refractivity contribution in [3.63, 3.8) is 0 Å². The van der Waals surface area contributed by atoms with Crippen LogP contribution in [0.25, 0.3) is 11.5 Å². The van der Waals surface area contributed by atoms with Crippen LogP contribution in [0.3, 0.4) is 0 Å². The van der Waals surface area contributed by atoms with Crippen molar-refractivity contribution in [2.24, 2.45) is 17.6 Å². The molecule has 0 bridgehead atoms. The summed E-state index contributed by atoms with van der Waals surface area (Å²) in [4.78, 5) is 6.59. The van der Waals surface area contributed by atoms with Gasteiger partial charge < -0.3 is 15.1 Å². The standard InChI is InChI=1S/C24H31FN6O3S/c1-15-10-18(15)14-30(3)20-11-17(12-21(27-20)31(4)35(5,32)33)22-28-29-23(34-22)24(2,26)13-16-6-8-19(25)9-7-16/h6-9,11-12,15,18H,10,13-14,26H2,1-5H3/t15?,18?,24-/m1/s1. The fourth-order valence-corrected chi connectivity index (χ4v) is 4.36. The van der Waals surface area contributed by atoms with Crippen LogP contribution < -0.4 is 14.9 Å². The summed E-state index contributed by atoms with van der Waals surface area (Å²) in [5, 5.41) is 8.35. The first-order chi connectivity index (χ1) is 16.3. The van der Waals surface area contributed by atoms with Crippen LogP contribution in [0.15, 0.2) is 40.8 Å². The number of benzene rings is 1. The van der Waals surface area contributed by atoms with E-state index in [1.54, 1.807) is 31.2 Å². The number of hydrogen-bond acceptors (Lipinski definition) is 8. The Balaban J connectivity index is 1.66. The number of nitrogens with zero attached hydrogens (tertiary/aromatic N) is 5. The van der Waals surface area contributed by atoms with Gasteiger partial charge >= 0.3 is 0 Å². The van der Waals surface area contributed by atoms with Gasteiger partial charge in [-0.15, -0.1) is 10.2 Å². The van der Waals surface area contributed by atoms with E-state index in [9.17, 15) is 12.8 Å². The van der Waals surface area contributed by atoms with E-state index in [1.165, 1.54) is 19.2 Å². The first-order valence-corrected chi connectivity index (χ1v) is 13.2. The predicted octanol–water partition coefficient (Wildman–Crippen LogP) is 3.18. The number of hydrogen-bond donors (Lipinski definition) is 1. The minimum Gasteiger partial charge on any atom is -0.419 e. The van der Waals surface area contributed by atoms with Crippen molar-refractivity contribution in [3.8, 4) is 11.5 Å². The smallest absolute Gasteiger partial charge is 0.248 e. The van der Waals surface area contributed by atoms with Crippen molar-refractivity contribution >= 4 is 21.7 Å². The predicted molar refractivity (Wildman–Crippen MR) is 133 cm³/mol. The molecule has 0 saturated heterocycles. The van der Waals surface area contributed by atoms with Gasteiger partial charge in [-0.25, -0.2) is 17.8 Å². The Morgan fingerprint density at radius 3 is 2.40 bits per heavy atom. The van der Waals surface area contributed by atoms with E-state index >= 15 is 0 Å². The molecule has 2 heterocycles. The molecule has 188 valence electrons. The maximum Gasteiger partial charge on any atom is 0.248 e. The summed E-state index contributed by atoms with van der Waals surface area (Å²) in [6.45, 7) is 4.79. The molecule has 1 fully saturated rings. The van der Waals surface area contributed by atoms with Crippen molar-refractivity contribution < 1.29 is 17.2 Å². The number of anilines is 2. The van der Waals surface area contributed by atoms with E-state index in [1.807, 2.05) is 11.9 Å². The van der Waals surface area contributed by atoms with Crippen LogP contribution in [0.1, 0.15) is 31.7 Å². The second-order valence-electron chi connectivity index (χ2n) is 9.79. The lowest BCUT2D eigenvalue weighted by molar-refractivity contribution is 0.355. The summed E-state index contributed by atoms with van der Waals surface area (Å²) >= 11 is 0. The molecular weight excluding hydrogens is 471 g/mol. The van der Waals surface area contributed by atoms with E-state index in [0.717, 1.165) is 29.1 Å². The van der Waals surface area contributed by atoms with Crippen LogP contribution in [0.4, 0.5) is 16.0 Å². The molecule has 0 amide bonds. The van der Waals surface area contributed by atoms with E-state index in [0.29, 0.717) is 29.6 Å². The molecule has 1 aromatic carbocycles. The number of nitrogens with two attached hydrogens (primary N) is 1. The number of aromatic nitrogens is 3. The summed E-state index contributed by atoms with van der Waals surface area (Å²) in [6, 6.07) is 9.48. The van der Waals surface area contributed by atoms with E-state index in [4.69, 9.17) is 10.2 Å². The largest absolute Gasteiger partial charge is 0.419 e. The Bertz CT molecular complexity index is 1310. The molecule has 0 aliphatic heterocycles. The molecule has 1 aliphatic rings. The Kier molecular flexibility index (Phi) is 6.58. The second-order valence-corrected chi connectivity index (χ2v) is 11.8. The molecule has 4 rings (SSSR count). The molecule has 1 aliphatic carbocycles. The highest BCUT2D eigenvalue weighted by atomic mass is 32.2. The lowest BCUT2D eigenvalue weighted by Crippen LogP contribution is -2.35. The fourth-order valence-electron chi connectivity index (χ4n) is 3.92. The van der Waals surface area contributed by atoms with Crippen molar-refractivity contribution in [3.05, 3.63) is 53.7 Å². The van der Waals surface area contributed by atoms with Crippen molar-refractivity contribution in [2.45, 2.75) is 32.2 Å². The summed E-state index contributed by atoms with van der Waals surface area (Å²) in [5.41, 5.74) is 6.86. The Morgan fingerprint density at radius 2 is 1.80 bits per heavy atom. The molecule has 3 atom stereocenters. The minimum atomic E-state index is -3.53. The van der Waals surface area contributed by atoms with Crippen molar-refractivity contribution in [1.29, 1.82) is 0 Å². The lowest BCUT2D eigenvalue weighted by Gasteiger charge is -2.22. The zero-order valence-corrected chi connectivity index (χ0v) is 21.4. The minimum absolute atomic E-state index is 0.204. The number of sulfonamides is 1. The highest BCUT2D eigenvalue weighted by Crippen LogP contribution is 2.39. The van der Waals surface area contributed by atoms with E-state index in [-0.39, 0.29) is 23.4 Å². The van der Waals surface area contributed by atoms with Gasteiger partial charge in [-0.05, 0) is 61.4 Å². The van der Waals surface area contributed by atoms with Crippen molar-refractivity contribution in [2.75, 3.05) is 36.1 Å². The molecule has 35 heavy (non-hydrogen) atoms. The van der Waals surface area contributed by atoms with Crippen LogP contribution >= 0.6 is 0 Å². The summed E-state index contributed by atoms with van der Waals surface area (Å²) < 4.78 is 44.7. The molecule has 9 nitrogen and oxygen atoms in total. The van der Waals surface area contributed by atoms with Gasteiger partial charge in [-0.1, -0.05) is 19.1 Å². The lowest BCUT2D eigenvalue weighted by atomic mass is 9.94. The third-order valence-corrected chi connectivity index (χ3v) is 7.62. The monoisotopic (exact) mass is 502 g/mol. The normalized spacial score (nSPS) is 19.3. The molecule has 2 unspecified atom stereocenters. The quantitative estimate of drug-likeness (QED) is 0.474. The second kappa shape index (κ2) is 9.19. The van der Waals surface area contributed by atoms with Gasteiger partial charge in [0.25, 0.3) is 0 Å². The third kappa shape index (κ3) is 5.79. The highest BCUT2D eigenvalue weighted by Gasteiger charge is 2.34. The zero-order chi connectivity index (χ0) is 25.5. The Morgan fingerprint density at radius 1 is 1.17 bits per heavy atom. The van der Waals surface area contributed by atoms with Gasteiger partial charge in [0, 0.05) is 26.2 Å². The number of rotatable bonds is 9. The molecule has 0 radical (unpaired) electrons. The number of pyridine rings is 1. The maximum absolute atomic E-state index is 13.3. The van der Waals surface area contributed by atoms with Crippen LogP contribution in [0.2, 0.25) is 0 Å². The van der Waals surface area contributed by atoms with Crippen LogP contribution in [0, 0.1) is 17.7 Å². The van der Waals surface area contributed by atoms with Crippen LogP contribution in [0.5, 0.6) is 0 Å². The Hall–Kier alpha value is -3.05. The van der Waals surface area contributed by atoms with Gasteiger partial charge in [0.15, 0.2) is 0 Å². The van der Waals surface area contributed by atoms with Gasteiger partial charge in [0.2, 0.25) is 21.8 Å². The molecule has 0 spiro atoms. The summed E-state index contributed by atoms with van der Waals surface area (Å²) in [6.07, 6.45) is 2.65. The summed E-state index contributed by atoms with van der Waals surface area (Å²) in [5.74, 6) is 2.20. The first kappa shape index (κ1) is 25.1. The maximum atomic E-state index is 13.3. The van der Waals surface area contributed by atoms with Gasteiger partial charge in [-0.3, -0.25) is 4.31 Å². The van der Waals surface area contributed by atoms with Crippen LogP contribution in [-0.2, 0) is 22.0 Å². The average Bonchev–Trinajstić information content (AvgIpc) is 3.25. The van der Waals surface area contributed by atoms with E-state index < -0.39 is 15.6 Å². The topological polar surface area (TPSA) is 118 Å². The molecule has 11 heteroatoms. The molecule has 3 aromatic rings. The van der Waals surface area contributed by atoms with Gasteiger partial charge in [0.1, 0.15) is 17.5 Å². The van der Waals surface area contributed by atoms with Gasteiger partial charge in [-0.2, -0.15) is 0 Å². The Labute approximate surface area is 205 Å². The average molecular weight is 503 g/mol. The molecule has 2 aromatic heterocycles. The number of halogens is 1. The van der Waals surface area contributed by atoms with Gasteiger partial charge in [0.05, 0.1) is 11.8 Å². The highest BCUT2D eigenvalue weighted by molar-refractivity contribution is 7.92. The fraction of sp³-hybridized carbons (Fsp3) is 0.458.